The van der Waals surface area contributed by atoms with Gasteiger partial charge in [0.25, 0.3) is 0 Å². The number of hydrogen-bond acceptors (Lipinski definition) is 3. The lowest BCUT2D eigenvalue weighted by atomic mass is 9.57. The van der Waals surface area contributed by atoms with Gasteiger partial charge in [-0.25, -0.2) is 0 Å². The van der Waals surface area contributed by atoms with Crippen LogP contribution in [0.2, 0.25) is 0 Å². The van der Waals surface area contributed by atoms with Gasteiger partial charge in [0.05, 0.1) is 12.5 Å². The number of carbonyl (C=O) groups excluding carboxylic acids is 1. The zero-order valence-corrected chi connectivity index (χ0v) is 12.7. The van der Waals surface area contributed by atoms with E-state index in [1.54, 1.807) is 13.2 Å². The van der Waals surface area contributed by atoms with E-state index >= 15 is 0 Å². The molecule has 3 nitrogen and oxygen atoms in total. The lowest BCUT2D eigenvalue weighted by Crippen LogP contribution is -2.47. The lowest BCUT2D eigenvalue weighted by molar-refractivity contribution is -0.155. The van der Waals surface area contributed by atoms with Crippen LogP contribution in [0.25, 0.3) is 0 Å². The second-order valence-corrected chi connectivity index (χ2v) is 7.19. The van der Waals surface area contributed by atoms with Gasteiger partial charge in [-0.3, -0.25) is 4.79 Å². The van der Waals surface area contributed by atoms with Crippen LogP contribution in [0, 0.1) is 29.6 Å². The van der Waals surface area contributed by atoms with Gasteiger partial charge >= 0.3 is 5.97 Å². The van der Waals surface area contributed by atoms with E-state index in [0.29, 0.717) is 17.8 Å². The maximum atomic E-state index is 11.6. The number of carbonyl (C=O) groups is 1. The highest BCUT2D eigenvalue weighted by atomic mass is 16.5. The molecule has 0 aromatic heterocycles. The van der Waals surface area contributed by atoms with Gasteiger partial charge in [0.1, 0.15) is 6.10 Å². The molecule has 0 saturated heterocycles. The standard InChI is InChI=1S/C18H24O3/c1-11(19)21-17-9-13-3-2-4-14(13)15-6-5-12-7-8-20-10-16(12)18(15)17/h7-8,10,12-15,17-18H,2-6,9H2,1H3. The van der Waals surface area contributed by atoms with Crippen molar-refractivity contribution in [3.63, 3.8) is 0 Å². The maximum absolute atomic E-state index is 11.6. The molecule has 4 aliphatic rings. The van der Waals surface area contributed by atoms with Crippen LogP contribution in [-0.4, -0.2) is 12.1 Å². The molecule has 0 spiro atoms. The van der Waals surface area contributed by atoms with Gasteiger partial charge in [0, 0.05) is 18.8 Å². The third kappa shape index (κ3) is 2.21. The van der Waals surface area contributed by atoms with Crippen molar-refractivity contribution in [2.75, 3.05) is 0 Å². The molecule has 0 bridgehead atoms. The largest absolute Gasteiger partial charge is 0.473 e. The summed E-state index contributed by atoms with van der Waals surface area (Å²) in [6.45, 7) is 1.54. The maximum Gasteiger partial charge on any atom is 0.302 e. The highest BCUT2D eigenvalue weighted by Gasteiger charge is 2.51. The number of hydrogen-bond donors (Lipinski definition) is 0. The molecule has 6 atom stereocenters. The van der Waals surface area contributed by atoms with Crippen molar-refractivity contribution in [3.05, 3.63) is 24.2 Å². The third-order valence-electron chi connectivity index (χ3n) is 6.20. The highest BCUT2D eigenvalue weighted by Crippen LogP contribution is 2.56. The molecule has 3 heteroatoms. The number of ether oxygens (including phenoxy) is 2. The minimum atomic E-state index is -0.134. The normalized spacial score (nSPS) is 44.0. The van der Waals surface area contributed by atoms with E-state index in [0.717, 1.165) is 18.3 Å². The Balaban J connectivity index is 1.67. The summed E-state index contributed by atoms with van der Waals surface area (Å²) in [4.78, 5) is 11.6. The minimum Gasteiger partial charge on any atom is -0.473 e. The average Bonchev–Trinajstić information content (AvgIpc) is 2.94. The van der Waals surface area contributed by atoms with Gasteiger partial charge in [-0.05, 0) is 55.1 Å². The molecule has 3 fully saturated rings. The van der Waals surface area contributed by atoms with Gasteiger partial charge in [-0.1, -0.05) is 12.8 Å². The smallest absolute Gasteiger partial charge is 0.302 e. The van der Waals surface area contributed by atoms with E-state index < -0.39 is 0 Å². The first kappa shape index (κ1) is 13.4. The van der Waals surface area contributed by atoms with Crippen molar-refractivity contribution in [1.29, 1.82) is 0 Å². The summed E-state index contributed by atoms with van der Waals surface area (Å²) >= 11 is 0. The SMILES string of the molecule is CC(=O)OC1CC2CCCC2C2CCC3C=COC=C3C12. The van der Waals surface area contributed by atoms with Crippen molar-refractivity contribution in [2.24, 2.45) is 29.6 Å². The monoisotopic (exact) mass is 288 g/mol. The number of allylic oxidation sites excluding steroid dienone is 1. The zero-order chi connectivity index (χ0) is 14.4. The zero-order valence-electron chi connectivity index (χ0n) is 12.7. The van der Waals surface area contributed by atoms with Crippen LogP contribution in [0.15, 0.2) is 24.2 Å². The van der Waals surface area contributed by atoms with E-state index in [1.807, 2.05) is 6.26 Å². The summed E-state index contributed by atoms with van der Waals surface area (Å²) < 4.78 is 11.2. The molecule has 0 radical (unpaired) electrons. The van der Waals surface area contributed by atoms with Crippen molar-refractivity contribution in [1.82, 2.24) is 0 Å². The first-order chi connectivity index (χ1) is 10.2. The van der Waals surface area contributed by atoms with Crippen molar-refractivity contribution >= 4 is 5.97 Å². The average molecular weight is 288 g/mol. The third-order valence-corrected chi connectivity index (χ3v) is 6.20. The molecule has 6 unspecified atom stereocenters. The Bertz CT molecular complexity index is 493. The quantitative estimate of drug-likeness (QED) is 0.688. The molecule has 0 aromatic rings. The molecule has 0 amide bonds. The number of esters is 1. The van der Waals surface area contributed by atoms with Crippen LogP contribution < -0.4 is 0 Å². The van der Waals surface area contributed by atoms with E-state index in [2.05, 4.69) is 6.08 Å². The number of fused-ring (bicyclic) bond motifs is 5. The van der Waals surface area contributed by atoms with Gasteiger partial charge in [0.2, 0.25) is 0 Å². The Hall–Kier alpha value is -1.25. The van der Waals surface area contributed by atoms with Crippen LogP contribution in [0.5, 0.6) is 0 Å². The molecule has 4 rings (SSSR count). The molecule has 0 aromatic carbocycles. The summed E-state index contributed by atoms with van der Waals surface area (Å²) in [6.07, 6.45) is 13.6. The Morgan fingerprint density at radius 1 is 1.24 bits per heavy atom. The van der Waals surface area contributed by atoms with Crippen LogP contribution in [-0.2, 0) is 14.3 Å². The molecule has 21 heavy (non-hydrogen) atoms. The number of rotatable bonds is 1. The van der Waals surface area contributed by atoms with E-state index in [-0.39, 0.29) is 12.1 Å². The predicted octanol–water partition coefficient (Wildman–Crippen LogP) is 3.81. The highest BCUT2D eigenvalue weighted by molar-refractivity contribution is 5.66. The van der Waals surface area contributed by atoms with Gasteiger partial charge < -0.3 is 9.47 Å². The molecule has 114 valence electrons. The summed E-state index contributed by atoms with van der Waals surface area (Å²) in [6, 6.07) is 0. The summed E-state index contributed by atoms with van der Waals surface area (Å²) in [5.41, 5.74) is 1.38. The van der Waals surface area contributed by atoms with Gasteiger partial charge in [0.15, 0.2) is 0 Å². The fourth-order valence-corrected chi connectivity index (χ4v) is 5.52. The fourth-order valence-electron chi connectivity index (χ4n) is 5.52. The Morgan fingerprint density at radius 3 is 3.00 bits per heavy atom. The van der Waals surface area contributed by atoms with Crippen LogP contribution >= 0.6 is 0 Å². The van der Waals surface area contributed by atoms with Crippen LogP contribution in [0.1, 0.15) is 45.4 Å². The molecule has 3 saturated carbocycles. The van der Waals surface area contributed by atoms with Crippen LogP contribution in [0.3, 0.4) is 0 Å². The molecule has 0 N–H and O–H groups in total. The Morgan fingerprint density at radius 2 is 2.14 bits per heavy atom. The topological polar surface area (TPSA) is 35.5 Å². The summed E-state index contributed by atoms with van der Waals surface area (Å²) in [7, 11) is 0. The summed E-state index contributed by atoms with van der Waals surface area (Å²) in [5, 5.41) is 0. The van der Waals surface area contributed by atoms with Gasteiger partial charge in [-0.15, -0.1) is 0 Å². The Labute approximate surface area is 126 Å². The van der Waals surface area contributed by atoms with E-state index in [4.69, 9.17) is 9.47 Å². The van der Waals surface area contributed by atoms with Crippen molar-refractivity contribution in [3.8, 4) is 0 Å². The molecule has 3 aliphatic carbocycles. The van der Waals surface area contributed by atoms with E-state index in [1.165, 1.54) is 37.7 Å². The first-order valence-corrected chi connectivity index (χ1v) is 8.43. The van der Waals surface area contributed by atoms with Gasteiger partial charge in [-0.2, -0.15) is 0 Å². The lowest BCUT2D eigenvalue weighted by Gasteiger charge is -2.50. The first-order valence-electron chi connectivity index (χ1n) is 8.43. The van der Waals surface area contributed by atoms with Crippen molar-refractivity contribution < 1.29 is 14.3 Å². The predicted molar refractivity (Wildman–Crippen MR) is 79.0 cm³/mol. The molecular weight excluding hydrogens is 264 g/mol. The fraction of sp³-hybridized carbons (Fsp3) is 0.722. The van der Waals surface area contributed by atoms with Crippen LogP contribution in [0.4, 0.5) is 0 Å². The molecule has 1 heterocycles. The van der Waals surface area contributed by atoms with E-state index in [9.17, 15) is 4.79 Å². The molecule has 1 aliphatic heterocycles. The second kappa shape index (κ2) is 5.19. The van der Waals surface area contributed by atoms with Crippen molar-refractivity contribution in [2.45, 2.75) is 51.6 Å². The minimum absolute atomic E-state index is 0.0657. The molecular formula is C18H24O3. The second-order valence-electron chi connectivity index (χ2n) is 7.19. The summed E-state index contributed by atoms with van der Waals surface area (Å²) in [5.74, 6) is 3.05. The Kier molecular flexibility index (Phi) is 3.31.